The highest BCUT2D eigenvalue weighted by atomic mass is 16.6. The van der Waals surface area contributed by atoms with Crippen LogP contribution in [0.1, 0.15) is 5.56 Å². The van der Waals surface area contributed by atoms with Crippen LogP contribution in [0.4, 0.5) is 4.79 Å². The van der Waals surface area contributed by atoms with Crippen molar-refractivity contribution < 1.29 is 14.3 Å². The fourth-order valence-corrected chi connectivity index (χ4v) is 1.65. The third kappa shape index (κ3) is 2.27. The zero-order valence-corrected chi connectivity index (χ0v) is 8.47. The molecule has 2 unspecified atom stereocenters. The topological polar surface area (TPSA) is 47.6 Å². The molecule has 1 aliphatic heterocycles. The minimum atomic E-state index is -0.414. The third-order valence-corrected chi connectivity index (χ3v) is 2.39. The van der Waals surface area contributed by atoms with Crippen molar-refractivity contribution in [2.24, 2.45) is 0 Å². The van der Waals surface area contributed by atoms with E-state index in [1.54, 1.807) is 7.11 Å². The van der Waals surface area contributed by atoms with E-state index in [2.05, 4.69) is 5.32 Å². The van der Waals surface area contributed by atoms with E-state index in [4.69, 9.17) is 9.47 Å². The number of methoxy groups -OCH3 is 1. The van der Waals surface area contributed by atoms with E-state index in [0.717, 1.165) is 5.56 Å². The van der Waals surface area contributed by atoms with Crippen LogP contribution in [0.2, 0.25) is 0 Å². The van der Waals surface area contributed by atoms with Gasteiger partial charge in [-0.25, -0.2) is 4.79 Å². The highest BCUT2D eigenvalue weighted by Gasteiger charge is 2.33. The molecule has 0 spiro atoms. The maximum absolute atomic E-state index is 11.0. The summed E-state index contributed by atoms with van der Waals surface area (Å²) in [7, 11) is 1.55. The summed E-state index contributed by atoms with van der Waals surface area (Å²) >= 11 is 0. The Balaban J connectivity index is 2.03. The van der Waals surface area contributed by atoms with Crippen molar-refractivity contribution in [1.29, 1.82) is 0 Å². The standard InChI is InChI=1S/C11H13NO3/c1-14-10-9(15-11(13)12-10)7-8-5-3-2-4-6-8/h2-6,9-10H,7H2,1H3,(H,12,13). The van der Waals surface area contributed by atoms with Crippen LogP contribution in [0.25, 0.3) is 0 Å². The Kier molecular flexibility index (Phi) is 2.87. The summed E-state index contributed by atoms with van der Waals surface area (Å²) in [5, 5.41) is 2.59. The van der Waals surface area contributed by atoms with E-state index in [1.807, 2.05) is 30.3 Å². The number of ether oxygens (including phenoxy) is 2. The summed E-state index contributed by atoms with van der Waals surface area (Å²) in [5.41, 5.74) is 1.13. The van der Waals surface area contributed by atoms with Crippen LogP contribution in [-0.2, 0) is 15.9 Å². The van der Waals surface area contributed by atoms with Gasteiger partial charge in [0.05, 0.1) is 0 Å². The molecule has 1 aromatic carbocycles. The van der Waals surface area contributed by atoms with Gasteiger partial charge in [-0.05, 0) is 5.56 Å². The number of benzene rings is 1. The number of carbonyl (C=O) groups is 1. The van der Waals surface area contributed by atoms with E-state index in [9.17, 15) is 4.79 Å². The molecule has 1 heterocycles. The van der Waals surface area contributed by atoms with Gasteiger partial charge in [0.1, 0.15) is 0 Å². The smallest absolute Gasteiger partial charge is 0.409 e. The van der Waals surface area contributed by atoms with Crippen molar-refractivity contribution in [2.75, 3.05) is 7.11 Å². The van der Waals surface area contributed by atoms with Crippen LogP contribution in [0.3, 0.4) is 0 Å². The normalized spacial score (nSPS) is 24.7. The van der Waals surface area contributed by atoms with Crippen molar-refractivity contribution >= 4 is 6.09 Å². The minimum absolute atomic E-state index is 0.245. The molecule has 1 amide bonds. The average Bonchev–Trinajstić information content (AvgIpc) is 2.60. The Labute approximate surface area is 88.2 Å². The lowest BCUT2D eigenvalue weighted by molar-refractivity contribution is 0.0222. The summed E-state index contributed by atoms with van der Waals surface area (Å²) in [6.45, 7) is 0. The first-order valence-electron chi connectivity index (χ1n) is 4.83. The largest absolute Gasteiger partial charge is 0.441 e. The van der Waals surface area contributed by atoms with E-state index >= 15 is 0 Å². The number of hydrogen-bond donors (Lipinski definition) is 1. The molecule has 1 fully saturated rings. The second kappa shape index (κ2) is 4.31. The van der Waals surface area contributed by atoms with E-state index in [0.29, 0.717) is 6.42 Å². The number of amides is 1. The van der Waals surface area contributed by atoms with Crippen molar-refractivity contribution in [3.05, 3.63) is 35.9 Å². The van der Waals surface area contributed by atoms with Crippen LogP contribution in [0.5, 0.6) is 0 Å². The molecular weight excluding hydrogens is 194 g/mol. The van der Waals surface area contributed by atoms with Gasteiger partial charge in [0.25, 0.3) is 0 Å². The first-order valence-corrected chi connectivity index (χ1v) is 4.83. The molecule has 2 rings (SSSR count). The van der Waals surface area contributed by atoms with Crippen molar-refractivity contribution in [2.45, 2.75) is 18.8 Å². The number of alkyl carbamates (subject to hydrolysis) is 1. The van der Waals surface area contributed by atoms with E-state index in [-0.39, 0.29) is 12.3 Å². The number of rotatable bonds is 3. The van der Waals surface area contributed by atoms with Gasteiger partial charge in [-0.3, -0.25) is 5.32 Å². The highest BCUT2D eigenvalue weighted by Crippen LogP contribution is 2.15. The molecule has 4 heteroatoms. The Bertz CT molecular complexity index is 339. The molecule has 1 aliphatic rings. The molecule has 2 atom stereocenters. The minimum Gasteiger partial charge on any atom is -0.441 e. The van der Waals surface area contributed by atoms with Crippen LogP contribution in [-0.4, -0.2) is 25.5 Å². The lowest BCUT2D eigenvalue weighted by Gasteiger charge is -2.14. The Morgan fingerprint density at radius 3 is 2.80 bits per heavy atom. The monoisotopic (exact) mass is 207 g/mol. The number of carbonyl (C=O) groups excluding carboxylic acids is 1. The average molecular weight is 207 g/mol. The molecule has 0 aliphatic carbocycles. The quantitative estimate of drug-likeness (QED) is 0.812. The zero-order valence-electron chi connectivity index (χ0n) is 8.47. The molecule has 1 saturated heterocycles. The fraction of sp³-hybridized carbons (Fsp3) is 0.364. The Hall–Kier alpha value is -1.55. The first kappa shape index (κ1) is 9.98. The predicted molar refractivity (Wildman–Crippen MR) is 54.3 cm³/mol. The Morgan fingerprint density at radius 2 is 2.13 bits per heavy atom. The van der Waals surface area contributed by atoms with Gasteiger partial charge >= 0.3 is 6.09 Å². The molecular formula is C11H13NO3. The highest BCUT2D eigenvalue weighted by molar-refractivity contribution is 5.69. The summed E-state index contributed by atoms with van der Waals surface area (Å²) in [4.78, 5) is 11.0. The van der Waals surface area contributed by atoms with Crippen molar-refractivity contribution in [3.8, 4) is 0 Å². The van der Waals surface area contributed by atoms with Crippen molar-refractivity contribution in [1.82, 2.24) is 5.32 Å². The maximum atomic E-state index is 11.0. The predicted octanol–water partition coefficient (Wildman–Crippen LogP) is 1.31. The summed E-state index contributed by atoms with van der Waals surface area (Å²) in [5.74, 6) is 0. The van der Waals surface area contributed by atoms with Gasteiger partial charge in [-0.2, -0.15) is 0 Å². The maximum Gasteiger partial charge on any atom is 0.409 e. The molecule has 0 radical (unpaired) electrons. The van der Waals surface area contributed by atoms with Gasteiger partial charge in [0, 0.05) is 13.5 Å². The van der Waals surface area contributed by atoms with Crippen LogP contribution in [0.15, 0.2) is 30.3 Å². The lowest BCUT2D eigenvalue weighted by atomic mass is 10.1. The van der Waals surface area contributed by atoms with Gasteiger partial charge in [0.2, 0.25) is 0 Å². The van der Waals surface area contributed by atoms with Crippen LogP contribution < -0.4 is 5.32 Å². The number of hydrogen-bond acceptors (Lipinski definition) is 3. The van der Waals surface area contributed by atoms with E-state index in [1.165, 1.54) is 0 Å². The molecule has 80 valence electrons. The molecule has 1 aromatic rings. The van der Waals surface area contributed by atoms with Gasteiger partial charge in [-0.15, -0.1) is 0 Å². The Morgan fingerprint density at radius 1 is 1.40 bits per heavy atom. The first-order chi connectivity index (χ1) is 7.29. The molecule has 0 saturated carbocycles. The summed E-state index contributed by atoms with van der Waals surface area (Å²) < 4.78 is 10.2. The lowest BCUT2D eigenvalue weighted by Crippen LogP contribution is -2.34. The van der Waals surface area contributed by atoms with Gasteiger partial charge in [0.15, 0.2) is 12.3 Å². The number of nitrogens with one attached hydrogen (secondary N) is 1. The van der Waals surface area contributed by atoms with Crippen LogP contribution >= 0.6 is 0 Å². The SMILES string of the molecule is COC1NC(=O)OC1Cc1ccccc1. The third-order valence-electron chi connectivity index (χ3n) is 2.39. The fourth-order valence-electron chi connectivity index (χ4n) is 1.65. The van der Waals surface area contributed by atoms with Crippen molar-refractivity contribution in [3.63, 3.8) is 0 Å². The molecule has 15 heavy (non-hydrogen) atoms. The summed E-state index contributed by atoms with van der Waals surface area (Å²) in [6, 6.07) is 9.87. The van der Waals surface area contributed by atoms with E-state index < -0.39 is 6.09 Å². The zero-order chi connectivity index (χ0) is 10.7. The second-order valence-corrected chi connectivity index (χ2v) is 3.43. The van der Waals surface area contributed by atoms with Gasteiger partial charge < -0.3 is 9.47 Å². The molecule has 4 nitrogen and oxygen atoms in total. The van der Waals surface area contributed by atoms with Gasteiger partial charge in [-0.1, -0.05) is 30.3 Å². The molecule has 0 bridgehead atoms. The molecule has 1 N–H and O–H groups in total. The second-order valence-electron chi connectivity index (χ2n) is 3.43. The number of cyclic esters (lactones) is 1. The summed E-state index contributed by atoms with van der Waals surface area (Å²) in [6.07, 6.45) is -0.344. The molecule has 0 aromatic heterocycles. The van der Waals surface area contributed by atoms with Crippen LogP contribution in [0, 0.1) is 0 Å².